The number of imide groups is 1. The summed E-state index contributed by atoms with van der Waals surface area (Å²) in [7, 11) is 0. The molecule has 0 aromatic heterocycles. The molecule has 0 saturated carbocycles. The number of rotatable bonds is 3. The molecule has 0 radical (unpaired) electrons. The maximum Gasteiger partial charge on any atom is 0.238 e. The third-order valence-corrected chi connectivity index (χ3v) is 8.70. The number of fused-ring (bicyclic) bond motifs is 3. The number of aryl methyl sites for hydroxylation is 1. The summed E-state index contributed by atoms with van der Waals surface area (Å²) in [6, 6.07) is 12.1. The number of hydrogen-bond donors (Lipinski definition) is 1. The van der Waals surface area contributed by atoms with Gasteiger partial charge < -0.3 is 5.11 Å². The first-order valence-electron chi connectivity index (χ1n) is 12.9. The van der Waals surface area contributed by atoms with E-state index in [4.69, 9.17) is 11.6 Å². The van der Waals surface area contributed by atoms with Crippen molar-refractivity contribution in [1.82, 2.24) is 0 Å². The molecule has 4 unspecified atom stereocenters. The van der Waals surface area contributed by atoms with Crippen molar-refractivity contribution in [3.8, 4) is 5.75 Å². The number of anilines is 1. The van der Waals surface area contributed by atoms with E-state index in [9.17, 15) is 24.3 Å². The molecule has 4 atom stereocenters. The van der Waals surface area contributed by atoms with Gasteiger partial charge in [0.05, 0.1) is 17.5 Å². The van der Waals surface area contributed by atoms with Crippen LogP contribution >= 0.6 is 11.6 Å². The summed E-state index contributed by atoms with van der Waals surface area (Å²) in [5.74, 6) is -3.52. The van der Waals surface area contributed by atoms with Crippen LogP contribution in [0.5, 0.6) is 5.75 Å². The van der Waals surface area contributed by atoms with Crippen LogP contribution in [0, 0.1) is 17.8 Å². The minimum absolute atomic E-state index is 0.0474. The van der Waals surface area contributed by atoms with Crippen LogP contribution in [-0.4, -0.2) is 28.5 Å². The average Bonchev–Trinajstić information content (AvgIpc) is 3.17. The highest BCUT2D eigenvalue weighted by atomic mass is 35.5. The van der Waals surface area contributed by atoms with Gasteiger partial charge in [-0.1, -0.05) is 42.3 Å². The molecule has 1 saturated heterocycles. The van der Waals surface area contributed by atoms with Crippen LogP contribution in [0.25, 0.3) is 0 Å². The Balaban J connectivity index is 1.48. The largest absolute Gasteiger partial charge is 0.508 e. The number of amides is 2. The smallest absolute Gasteiger partial charge is 0.238 e. The van der Waals surface area contributed by atoms with Crippen molar-refractivity contribution in [2.45, 2.75) is 39.0 Å². The predicted molar refractivity (Wildman–Crippen MR) is 143 cm³/mol. The van der Waals surface area contributed by atoms with Gasteiger partial charge in [0, 0.05) is 33.2 Å². The van der Waals surface area contributed by atoms with Gasteiger partial charge in [-0.25, -0.2) is 0 Å². The quantitative estimate of drug-likeness (QED) is 0.335. The SMILES string of the molecule is CCc1ccc(N2C(=O)C3CC=C4C(c5cc(Cl)ccc5O)C5=C(CC4C3C2=O)C(=O)C=C(C)C5=O)cc1. The van der Waals surface area contributed by atoms with Gasteiger partial charge in [-0.2, -0.15) is 0 Å². The molecule has 6 nitrogen and oxygen atoms in total. The summed E-state index contributed by atoms with van der Waals surface area (Å²) < 4.78 is 0. The zero-order valence-corrected chi connectivity index (χ0v) is 21.8. The van der Waals surface area contributed by atoms with Crippen molar-refractivity contribution in [1.29, 1.82) is 0 Å². The van der Waals surface area contributed by atoms with Crippen LogP contribution in [0.4, 0.5) is 5.69 Å². The number of carbonyl (C=O) groups excluding carboxylic acids is 4. The molecule has 1 aliphatic heterocycles. The number of phenols is 1. The minimum Gasteiger partial charge on any atom is -0.508 e. The maximum atomic E-state index is 13.9. The topological polar surface area (TPSA) is 91.8 Å². The lowest BCUT2D eigenvalue weighted by molar-refractivity contribution is -0.123. The monoisotopic (exact) mass is 527 g/mol. The molecule has 0 spiro atoms. The molecular formula is C31H26ClNO5. The lowest BCUT2D eigenvalue weighted by Crippen LogP contribution is -2.39. The third-order valence-electron chi connectivity index (χ3n) is 8.47. The molecule has 2 amide bonds. The number of carbonyl (C=O) groups is 4. The van der Waals surface area contributed by atoms with Gasteiger partial charge in [0.1, 0.15) is 5.75 Å². The van der Waals surface area contributed by atoms with Crippen LogP contribution in [0.15, 0.2) is 76.9 Å². The third kappa shape index (κ3) is 3.54. The Hall–Kier alpha value is -3.77. The average molecular weight is 528 g/mol. The van der Waals surface area contributed by atoms with Crippen molar-refractivity contribution in [3.63, 3.8) is 0 Å². The lowest BCUT2D eigenvalue weighted by Gasteiger charge is -2.42. The Morgan fingerprint density at radius 3 is 2.45 bits per heavy atom. The fraction of sp³-hybridized carbons (Fsp3) is 0.290. The van der Waals surface area contributed by atoms with E-state index in [1.165, 1.54) is 17.0 Å². The Kier molecular flexibility index (Phi) is 5.76. The van der Waals surface area contributed by atoms with Gasteiger partial charge in [0.2, 0.25) is 11.8 Å². The first-order chi connectivity index (χ1) is 18.2. The minimum atomic E-state index is -0.732. The van der Waals surface area contributed by atoms with Gasteiger partial charge in [0.25, 0.3) is 0 Å². The fourth-order valence-corrected chi connectivity index (χ4v) is 6.79. The standard InChI is InChI=1S/C31H26ClNO5/c1-3-16-4-7-18(8-5-16)33-30(37)20-10-9-19-21(27(20)31(33)38)14-23-25(35)12-15(2)29(36)28(23)26(19)22-13-17(32)6-11-24(22)34/h4-9,11-13,20-21,26-27,34H,3,10,14H2,1-2H3. The zero-order chi connectivity index (χ0) is 26.9. The van der Waals surface area contributed by atoms with E-state index in [1.807, 2.05) is 25.1 Å². The maximum absolute atomic E-state index is 13.9. The first kappa shape index (κ1) is 24.6. The highest BCUT2D eigenvalue weighted by molar-refractivity contribution is 6.30. The van der Waals surface area contributed by atoms with Gasteiger partial charge in [-0.15, -0.1) is 0 Å². The summed E-state index contributed by atoms with van der Waals surface area (Å²) in [6.45, 7) is 3.65. The second kappa shape index (κ2) is 8.91. The number of aromatic hydroxyl groups is 1. The fourth-order valence-electron chi connectivity index (χ4n) is 6.61. The van der Waals surface area contributed by atoms with E-state index in [2.05, 4.69) is 0 Å². The van der Waals surface area contributed by atoms with E-state index in [-0.39, 0.29) is 35.6 Å². The zero-order valence-electron chi connectivity index (χ0n) is 21.0. The molecule has 4 aliphatic rings. The van der Waals surface area contributed by atoms with E-state index in [1.54, 1.807) is 31.2 Å². The Morgan fingerprint density at radius 1 is 1.00 bits per heavy atom. The summed E-state index contributed by atoms with van der Waals surface area (Å²) in [4.78, 5) is 55.4. The molecule has 6 rings (SSSR count). The van der Waals surface area contributed by atoms with Gasteiger partial charge in [0.15, 0.2) is 11.6 Å². The van der Waals surface area contributed by atoms with Crippen LogP contribution in [0.2, 0.25) is 5.02 Å². The van der Waals surface area contributed by atoms with E-state index >= 15 is 0 Å². The van der Waals surface area contributed by atoms with Crippen molar-refractivity contribution in [2.24, 2.45) is 17.8 Å². The molecule has 38 heavy (non-hydrogen) atoms. The summed E-state index contributed by atoms with van der Waals surface area (Å²) >= 11 is 6.30. The van der Waals surface area contributed by atoms with Crippen LogP contribution < -0.4 is 4.90 Å². The Labute approximate surface area is 225 Å². The molecule has 1 N–H and O–H groups in total. The van der Waals surface area contributed by atoms with Gasteiger partial charge in [-0.05, 0) is 74.1 Å². The molecule has 2 aromatic rings. The molecule has 192 valence electrons. The molecule has 1 fully saturated rings. The number of halogens is 1. The van der Waals surface area contributed by atoms with Crippen LogP contribution in [0.1, 0.15) is 43.7 Å². The Bertz CT molecular complexity index is 1530. The van der Waals surface area contributed by atoms with Crippen molar-refractivity contribution in [3.05, 3.63) is 93.1 Å². The number of allylic oxidation sites excluding steroid dienone is 6. The summed E-state index contributed by atoms with van der Waals surface area (Å²) in [5, 5.41) is 11.2. The number of nitrogens with zero attached hydrogens (tertiary/aromatic N) is 1. The number of Topliss-reactive ketones (excluding diaryl/α,β-unsaturated/α-hetero) is 1. The van der Waals surface area contributed by atoms with Crippen molar-refractivity contribution in [2.75, 3.05) is 4.90 Å². The predicted octanol–water partition coefficient (Wildman–Crippen LogP) is 5.24. The van der Waals surface area contributed by atoms with Gasteiger partial charge >= 0.3 is 0 Å². The van der Waals surface area contributed by atoms with E-state index < -0.39 is 23.7 Å². The molecular weight excluding hydrogens is 502 g/mol. The number of benzene rings is 2. The van der Waals surface area contributed by atoms with Gasteiger partial charge in [-0.3, -0.25) is 24.1 Å². The number of ketones is 2. The molecule has 0 bridgehead atoms. The number of hydrogen-bond acceptors (Lipinski definition) is 5. The second-order valence-electron chi connectivity index (χ2n) is 10.5. The van der Waals surface area contributed by atoms with Crippen molar-refractivity contribution < 1.29 is 24.3 Å². The normalized spacial score (nSPS) is 26.7. The molecule has 2 aromatic carbocycles. The molecule has 7 heteroatoms. The molecule has 1 heterocycles. The lowest BCUT2D eigenvalue weighted by atomic mass is 9.59. The van der Waals surface area contributed by atoms with E-state index in [0.29, 0.717) is 39.4 Å². The summed E-state index contributed by atoms with van der Waals surface area (Å²) in [5.41, 5.74) is 3.85. The summed E-state index contributed by atoms with van der Waals surface area (Å²) in [6.07, 6.45) is 4.64. The Morgan fingerprint density at radius 2 is 1.74 bits per heavy atom. The van der Waals surface area contributed by atoms with Crippen molar-refractivity contribution >= 4 is 40.7 Å². The molecule has 3 aliphatic carbocycles. The number of phenolic OH excluding ortho intramolecular Hbond substituents is 1. The first-order valence-corrected chi connectivity index (χ1v) is 13.2. The highest BCUT2D eigenvalue weighted by Gasteiger charge is 2.56. The second-order valence-corrected chi connectivity index (χ2v) is 10.9. The van der Waals surface area contributed by atoms with Crippen LogP contribution in [-0.2, 0) is 25.6 Å². The van der Waals surface area contributed by atoms with Crippen LogP contribution in [0.3, 0.4) is 0 Å². The van der Waals surface area contributed by atoms with E-state index in [0.717, 1.165) is 17.6 Å². The highest BCUT2D eigenvalue weighted by Crippen LogP contribution is 2.56.